The average Bonchev–Trinajstić information content (AvgIpc) is 2.12. The summed E-state index contributed by atoms with van der Waals surface area (Å²) in [6.07, 6.45) is -5.39. The minimum Gasteiger partial charge on any atom is -0.389 e. The van der Waals surface area contributed by atoms with E-state index in [1.54, 1.807) is 6.92 Å². The third-order valence-corrected chi connectivity index (χ3v) is 1.95. The lowest BCUT2D eigenvalue weighted by molar-refractivity contribution is -0.146. The lowest BCUT2D eigenvalue weighted by Crippen LogP contribution is -2.38. The summed E-state index contributed by atoms with van der Waals surface area (Å²) in [4.78, 5) is 1.01. The van der Waals surface area contributed by atoms with Gasteiger partial charge in [-0.05, 0) is 14.0 Å². The smallest absolute Gasteiger partial charge is 0.389 e. The zero-order chi connectivity index (χ0) is 13.5. The second-order valence-corrected chi connectivity index (χ2v) is 4.07. The van der Waals surface area contributed by atoms with Gasteiger partial charge in [-0.25, -0.2) is 0 Å². The molecule has 0 aromatic rings. The van der Waals surface area contributed by atoms with Gasteiger partial charge in [0, 0.05) is 13.7 Å². The Morgan fingerprint density at radius 1 is 1.29 bits per heavy atom. The number of ether oxygens (including phenoxy) is 2. The minimum absolute atomic E-state index is 0.00722. The predicted molar refractivity (Wildman–Crippen MR) is 56.8 cm³/mol. The molecule has 7 heteroatoms. The lowest BCUT2D eigenvalue weighted by atomic mass is 10.3. The van der Waals surface area contributed by atoms with Crippen LogP contribution in [0.25, 0.3) is 0 Å². The standard InChI is InChI=1S/C10H20F3NO3/c1-8(5-16-3)17-6-9(15)4-14(2)7-10(11,12)13/h8-9,15H,4-7H2,1-3H3. The molecule has 2 unspecified atom stereocenters. The Morgan fingerprint density at radius 2 is 1.88 bits per heavy atom. The maximum atomic E-state index is 12.0. The monoisotopic (exact) mass is 259 g/mol. The molecular weight excluding hydrogens is 239 g/mol. The number of aliphatic hydroxyl groups excluding tert-OH is 1. The highest BCUT2D eigenvalue weighted by molar-refractivity contribution is 4.65. The molecule has 0 fully saturated rings. The maximum absolute atomic E-state index is 12.0. The van der Waals surface area contributed by atoms with E-state index < -0.39 is 18.8 Å². The van der Waals surface area contributed by atoms with Crippen LogP contribution in [0, 0.1) is 0 Å². The Labute approximate surface area is 99.3 Å². The fourth-order valence-electron chi connectivity index (χ4n) is 1.34. The summed E-state index contributed by atoms with van der Waals surface area (Å²) in [6.45, 7) is 1.00. The summed E-state index contributed by atoms with van der Waals surface area (Å²) < 4.78 is 46.0. The summed E-state index contributed by atoms with van der Waals surface area (Å²) >= 11 is 0. The van der Waals surface area contributed by atoms with Crippen molar-refractivity contribution in [1.82, 2.24) is 4.90 Å². The number of nitrogens with zero attached hydrogens (tertiary/aromatic N) is 1. The number of halogens is 3. The summed E-state index contributed by atoms with van der Waals surface area (Å²) in [6, 6.07) is 0. The zero-order valence-electron chi connectivity index (χ0n) is 10.3. The first-order valence-electron chi connectivity index (χ1n) is 5.28. The van der Waals surface area contributed by atoms with Gasteiger partial charge in [0.25, 0.3) is 0 Å². The van der Waals surface area contributed by atoms with Gasteiger partial charge < -0.3 is 14.6 Å². The van der Waals surface area contributed by atoms with Crippen LogP contribution >= 0.6 is 0 Å². The molecular formula is C10H20F3NO3. The normalized spacial score (nSPS) is 16.2. The van der Waals surface area contributed by atoms with Crippen LogP contribution in [0.2, 0.25) is 0 Å². The van der Waals surface area contributed by atoms with Gasteiger partial charge in [-0.15, -0.1) is 0 Å². The Bertz CT molecular complexity index is 202. The first-order chi connectivity index (χ1) is 7.74. The third-order valence-electron chi connectivity index (χ3n) is 1.95. The van der Waals surface area contributed by atoms with Crippen LogP contribution in [-0.2, 0) is 9.47 Å². The van der Waals surface area contributed by atoms with E-state index in [1.165, 1.54) is 14.2 Å². The first-order valence-corrected chi connectivity index (χ1v) is 5.28. The molecule has 0 aliphatic heterocycles. The minimum atomic E-state index is -4.25. The second-order valence-electron chi connectivity index (χ2n) is 4.07. The number of rotatable bonds is 8. The Morgan fingerprint density at radius 3 is 2.35 bits per heavy atom. The van der Waals surface area contributed by atoms with E-state index in [0.29, 0.717) is 6.61 Å². The molecule has 0 aromatic carbocycles. The van der Waals surface area contributed by atoms with Crippen molar-refractivity contribution in [3.8, 4) is 0 Å². The van der Waals surface area contributed by atoms with Crippen molar-refractivity contribution in [2.45, 2.75) is 25.3 Å². The average molecular weight is 259 g/mol. The molecule has 0 heterocycles. The van der Waals surface area contributed by atoms with E-state index in [9.17, 15) is 18.3 Å². The lowest BCUT2D eigenvalue weighted by Gasteiger charge is -2.22. The number of aliphatic hydroxyl groups is 1. The Balaban J connectivity index is 3.74. The molecule has 0 saturated carbocycles. The Hall–Kier alpha value is -0.370. The van der Waals surface area contributed by atoms with Crippen LogP contribution in [0.1, 0.15) is 6.92 Å². The summed E-state index contributed by atoms with van der Waals surface area (Å²) in [5, 5.41) is 9.46. The van der Waals surface area contributed by atoms with E-state index >= 15 is 0 Å². The number of hydrogen-bond donors (Lipinski definition) is 1. The predicted octanol–water partition coefficient (Wildman–Crippen LogP) is 0.893. The molecule has 0 spiro atoms. The van der Waals surface area contributed by atoms with Crippen LogP contribution in [0.3, 0.4) is 0 Å². The quantitative estimate of drug-likeness (QED) is 0.703. The molecule has 0 aromatic heterocycles. The van der Waals surface area contributed by atoms with Crippen LogP contribution in [-0.4, -0.2) is 68.9 Å². The molecule has 0 aliphatic rings. The molecule has 2 atom stereocenters. The van der Waals surface area contributed by atoms with E-state index in [-0.39, 0.29) is 19.3 Å². The van der Waals surface area contributed by atoms with Crippen LogP contribution in [0.4, 0.5) is 13.2 Å². The third kappa shape index (κ3) is 10.5. The van der Waals surface area contributed by atoms with Crippen molar-refractivity contribution < 1.29 is 27.8 Å². The van der Waals surface area contributed by atoms with E-state index in [2.05, 4.69) is 0 Å². The van der Waals surface area contributed by atoms with E-state index in [0.717, 1.165) is 4.90 Å². The van der Waals surface area contributed by atoms with E-state index in [1.807, 2.05) is 0 Å². The molecule has 0 amide bonds. The largest absolute Gasteiger partial charge is 0.401 e. The highest BCUT2D eigenvalue weighted by Gasteiger charge is 2.29. The van der Waals surface area contributed by atoms with Gasteiger partial charge in [0.15, 0.2) is 0 Å². The van der Waals surface area contributed by atoms with Crippen LogP contribution in [0.15, 0.2) is 0 Å². The van der Waals surface area contributed by atoms with Crippen LogP contribution < -0.4 is 0 Å². The summed E-state index contributed by atoms with van der Waals surface area (Å²) in [7, 11) is 2.82. The van der Waals surface area contributed by atoms with Crippen LogP contribution in [0.5, 0.6) is 0 Å². The van der Waals surface area contributed by atoms with E-state index in [4.69, 9.17) is 9.47 Å². The second kappa shape index (κ2) is 7.86. The molecule has 0 rings (SSSR count). The summed E-state index contributed by atoms with van der Waals surface area (Å²) in [5.41, 5.74) is 0. The fraction of sp³-hybridized carbons (Fsp3) is 1.00. The van der Waals surface area contributed by atoms with Gasteiger partial charge in [-0.3, -0.25) is 4.90 Å². The number of alkyl halides is 3. The van der Waals surface area contributed by atoms with Crippen molar-refractivity contribution in [3.63, 3.8) is 0 Å². The number of likely N-dealkylation sites (N-methyl/N-ethyl adjacent to an activating group) is 1. The molecule has 0 saturated heterocycles. The van der Waals surface area contributed by atoms with Gasteiger partial charge in [0.05, 0.1) is 32.0 Å². The molecule has 0 bridgehead atoms. The topological polar surface area (TPSA) is 41.9 Å². The molecule has 0 radical (unpaired) electrons. The van der Waals surface area contributed by atoms with Crippen molar-refractivity contribution in [3.05, 3.63) is 0 Å². The van der Waals surface area contributed by atoms with Crippen molar-refractivity contribution >= 4 is 0 Å². The van der Waals surface area contributed by atoms with Gasteiger partial charge in [0.2, 0.25) is 0 Å². The molecule has 0 aliphatic carbocycles. The van der Waals surface area contributed by atoms with Crippen molar-refractivity contribution in [2.24, 2.45) is 0 Å². The van der Waals surface area contributed by atoms with Gasteiger partial charge in [-0.2, -0.15) is 13.2 Å². The molecule has 1 N–H and O–H groups in total. The molecule has 4 nitrogen and oxygen atoms in total. The zero-order valence-corrected chi connectivity index (χ0v) is 10.3. The van der Waals surface area contributed by atoms with Gasteiger partial charge in [-0.1, -0.05) is 0 Å². The number of methoxy groups -OCH3 is 1. The number of hydrogen-bond acceptors (Lipinski definition) is 4. The van der Waals surface area contributed by atoms with Gasteiger partial charge >= 0.3 is 6.18 Å². The highest BCUT2D eigenvalue weighted by Crippen LogP contribution is 2.15. The van der Waals surface area contributed by atoms with Gasteiger partial charge in [0.1, 0.15) is 0 Å². The summed E-state index contributed by atoms with van der Waals surface area (Å²) in [5.74, 6) is 0. The molecule has 17 heavy (non-hydrogen) atoms. The SMILES string of the molecule is COCC(C)OCC(O)CN(C)CC(F)(F)F. The van der Waals surface area contributed by atoms with Crippen molar-refractivity contribution in [1.29, 1.82) is 0 Å². The highest BCUT2D eigenvalue weighted by atomic mass is 19.4. The first kappa shape index (κ1) is 16.6. The fourth-order valence-corrected chi connectivity index (χ4v) is 1.34. The maximum Gasteiger partial charge on any atom is 0.401 e. The van der Waals surface area contributed by atoms with Crippen molar-refractivity contribution in [2.75, 3.05) is 40.5 Å². The Kier molecular flexibility index (Phi) is 7.69. The molecule has 104 valence electrons.